The van der Waals surface area contributed by atoms with Crippen molar-refractivity contribution >= 4 is 6.09 Å². The third-order valence-electron chi connectivity index (χ3n) is 5.93. The van der Waals surface area contributed by atoms with Crippen LogP contribution in [0, 0.1) is 6.92 Å². The van der Waals surface area contributed by atoms with Gasteiger partial charge in [0.25, 0.3) is 5.56 Å². The molecule has 0 spiro atoms. The molecule has 9 nitrogen and oxygen atoms in total. The van der Waals surface area contributed by atoms with Crippen LogP contribution >= 0.6 is 0 Å². The number of aromatic nitrogens is 1. The lowest BCUT2D eigenvalue weighted by molar-refractivity contribution is 0.0708. The summed E-state index contributed by atoms with van der Waals surface area (Å²) < 4.78 is 17.3. The van der Waals surface area contributed by atoms with Gasteiger partial charge < -0.3 is 28.8 Å². The number of aromatic hydroxyl groups is 1. The third kappa shape index (κ3) is 5.48. The Morgan fingerprint density at radius 1 is 1.15 bits per heavy atom. The highest BCUT2D eigenvalue weighted by Gasteiger charge is 2.33. The molecule has 3 rings (SSSR count). The van der Waals surface area contributed by atoms with E-state index in [0.29, 0.717) is 62.9 Å². The SMILES string of the molecule is CCOC(=O)N1CCN(C(c2cccc(OC)c2)c2c(O)cc(C)n(CCOC)c2=O)CC1. The summed E-state index contributed by atoms with van der Waals surface area (Å²) in [6, 6.07) is 8.61. The van der Waals surface area contributed by atoms with E-state index in [-0.39, 0.29) is 17.4 Å². The molecule has 1 fully saturated rings. The number of pyridine rings is 1. The molecule has 1 aromatic carbocycles. The van der Waals surface area contributed by atoms with Crippen LogP contribution in [0.25, 0.3) is 0 Å². The fraction of sp³-hybridized carbons (Fsp3) is 0.500. The number of carbonyl (C=O) groups excluding carboxylic acids is 1. The Labute approximate surface area is 194 Å². The number of aryl methyl sites for hydroxylation is 1. The summed E-state index contributed by atoms with van der Waals surface area (Å²) in [5, 5.41) is 10.9. The van der Waals surface area contributed by atoms with Gasteiger partial charge in [-0.05, 0) is 37.6 Å². The van der Waals surface area contributed by atoms with Crippen LogP contribution in [0.4, 0.5) is 4.79 Å². The lowest BCUT2D eigenvalue weighted by Crippen LogP contribution is -2.50. The summed E-state index contributed by atoms with van der Waals surface area (Å²) in [6.07, 6.45) is -0.338. The predicted octanol–water partition coefficient (Wildman–Crippen LogP) is 2.38. The Kier molecular flexibility index (Phi) is 8.35. The van der Waals surface area contributed by atoms with Crippen LogP contribution in [-0.2, 0) is 16.0 Å². The summed E-state index contributed by atoms with van der Waals surface area (Å²) in [5.41, 5.74) is 1.53. The molecule has 1 saturated heterocycles. The van der Waals surface area contributed by atoms with E-state index in [0.717, 1.165) is 5.56 Å². The lowest BCUT2D eigenvalue weighted by atomic mass is 9.95. The molecule has 1 aliphatic rings. The molecule has 0 aliphatic carbocycles. The van der Waals surface area contributed by atoms with Crippen LogP contribution in [0.1, 0.15) is 29.8 Å². The molecule has 180 valence electrons. The van der Waals surface area contributed by atoms with Gasteiger partial charge in [0.2, 0.25) is 0 Å². The molecule has 1 aliphatic heterocycles. The van der Waals surface area contributed by atoms with Gasteiger partial charge in [0.1, 0.15) is 11.5 Å². The van der Waals surface area contributed by atoms with Crippen LogP contribution in [0.15, 0.2) is 35.1 Å². The van der Waals surface area contributed by atoms with E-state index in [2.05, 4.69) is 4.90 Å². The average molecular weight is 460 g/mol. The van der Waals surface area contributed by atoms with Crippen LogP contribution < -0.4 is 10.3 Å². The molecular formula is C24H33N3O6. The molecular weight excluding hydrogens is 426 g/mol. The lowest BCUT2D eigenvalue weighted by Gasteiger charge is -2.39. The highest BCUT2D eigenvalue weighted by atomic mass is 16.6. The smallest absolute Gasteiger partial charge is 0.409 e. The molecule has 2 aromatic rings. The maximum Gasteiger partial charge on any atom is 0.409 e. The summed E-state index contributed by atoms with van der Waals surface area (Å²) >= 11 is 0. The number of carbonyl (C=O) groups is 1. The molecule has 33 heavy (non-hydrogen) atoms. The fourth-order valence-corrected chi connectivity index (χ4v) is 4.24. The highest BCUT2D eigenvalue weighted by molar-refractivity contribution is 5.67. The van der Waals surface area contributed by atoms with E-state index in [1.165, 1.54) is 0 Å². The summed E-state index contributed by atoms with van der Waals surface area (Å²) in [6.45, 7) is 6.62. The second kappa shape index (κ2) is 11.2. The molecule has 0 saturated carbocycles. The zero-order valence-electron chi connectivity index (χ0n) is 19.7. The number of ether oxygens (including phenoxy) is 3. The van der Waals surface area contributed by atoms with Crippen molar-refractivity contribution in [2.75, 3.05) is 53.6 Å². The van der Waals surface area contributed by atoms with Gasteiger partial charge in [-0.1, -0.05) is 12.1 Å². The Balaban J connectivity index is 2.04. The third-order valence-corrected chi connectivity index (χ3v) is 5.93. The number of benzene rings is 1. The summed E-state index contributed by atoms with van der Waals surface area (Å²) in [5.74, 6) is 0.612. The number of nitrogens with zero attached hydrogens (tertiary/aromatic N) is 3. The first-order valence-electron chi connectivity index (χ1n) is 11.1. The van der Waals surface area contributed by atoms with Crippen molar-refractivity contribution in [3.63, 3.8) is 0 Å². The predicted molar refractivity (Wildman–Crippen MR) is 124 cm³/mol. The van der Waals surface area contributed by atoms with Crippen LogP contribution in [-0.4, -0.2) is 79.2 Å². The molecule has 0 radical (unpaired) electrons. The largest absolute Gasteiger partial charge is 0.507 e. The Morgan fingerprint density at radius 3 is 2.52 bits per heavy atom. The van der Waals surface area contributed by atoms with Gasteiger partial charge in [-0.3, -0.25) is 9.69 Å². The molecule has 1 amide bonds. The van der Waals surface area contributed by atoms with E-state index in [4.69, 9.17) is 14.2 Å². The second-order valence-electron chi connectivity index (χ2n) is 7.94. The van der Waals surface area contributed by atoms with Crippen molar-refractivity contribution in [2.24, 2.45) is 0 Å². The van der Waals surface area contributed by atoms with Crippen LogP contribution in [0.3, 0.4) is 0 Å². The number of piperazine rings is 1. The second-order valence-corrected chi connectivity index (χ2v) is 7.94. The van der Waals surface area contributed by atoms with Crippen molar-refractivity contribution in [1.82, 2.24) is 14.4 Å². The minimum Gasteiger partial charge on any atom is -0.507 e. The van der Waals surface area contributed by atoms with Crippen molar-refractivity contribution in [1.29, 1.82) is 0 Å². The quantitative estimate of drug-likeness (QED) is 0.648. The molecule has 1 unspecified atom stereocenters. The minimum atomic E-state index is -0.508. The van der Waals surface area contributed by atoms with Gasteiger partial charge in [0.15, 0.2) is 0 Å². The van der Waals surface area contributed by atoms with Gasteiger partial charge >= 0.3 is 6.09 Å². The van der Waals surface area contributed by atoms with Gasteiger partial charge in [-0.2, -0.15) is 0 Å². The highest BCUT2D eigenvalue weighted by Crippen LogP contribution is 2.34. The Morgan fingerprint density at radius 2 is 1.88 bits per heavy atom. The number of amides is 1. The topological polar surface area (TPSA) is 93.5 Å². The van der Waals surface area contributed by atoms with Crippen molar-refractivity contribution in [2.45, 2.75) is 26.4 Å². The van der Waals surface area contributed by atoms with E-state index < -0.39 is 6.04 Å². The zero-order valence-corrected chi connectivity index (χ0v) is 19.7. The van der Waals surface area contributed by atoms with Gasteiger partial charge in [0.05, 0.1) is 31.9 Å². The summed E-state index contributed by atoms with van der Waals surface area (Å²) in [7, 11) is 3.18. The summed E-state index contributed by atoms with van der Waals surface area (Å²) in [4.78, 5) is 29.5. The number of hydrogen-bond acceptors (Lipinski definition) is 7. The first-order valence-corrected chi connectivity index (χ1v) is 11.1. The standard InChI is InChI=1S/C24H33N3O6/c1-5-33-24(30)26-11-9-25(10-12-26)22(18-7-6-8-19(16-18)32-4)21-20(28)15-17(2)27(23(21)29)13-14-31-3/h6-8,15-16,22,28H,5,9-14H2,1-4H3. The van der Waals surface area contributed by atoms with Crippen molar-refractivity contribution in [3.05, 3.63) is 57.5 Å². The molecule has 0 bridgehead atoms. The normalized spacial score (nSPS) is 15.3. The van der Waals surface area contributed by atoms with Crippen LogP contribution in [0.5, 0.6) is 11.5 Å². The van der Waals surface area contributed by atoms with Crippen molar-refractivity contribution < 1.29 is 24.1 Å². The maximum absolute atomic E-state index is 13.6. The fourth-order valence-electron chi connectivity index (χ4n) is 4.24. The Hall–Kier alpha value is -3.04. The molecule has 1 atom stereocenters. The van der Waals surface area contributed by atoms with Crippen molar-refractivity contribution in [3.8, 4) is 11.5 Å². The molecule has 1 N–H and O–H groups in total. The van der Waals surface area contributed by atoms with Gasteiger partial charge in [-0.25, -0.2) is 4.79 Å². The maximum atomic E-state index is 13.6. The number of hydrogen-bond donors (Lipinski definition) is 1. The number of rotatable bonds is 8. The van der Waals surface area contributed by atoms with E-state index in [1.54, 1.807) is 43.6 Å². The van der Waals surface area contributed by atoms with Gasteiger partial charge in [0, 0.05) is 45.5 Å². The van der Waals surface area contributed by atoms with E-state index >= 15 is 0 Å². The van der Waals surface area contributed by atoms with Gasteiger partial charge in [-0.15, -0.1) is 0 Å². The van der Waals surface area contributed by atoms with E-state index in [1.807, 2.05) is 24.3 Å². The first kappa shape index (κ1) is 24.6. The average Bonchev–Trinajstić information content (AvgIpc) is 2.82. The van der Waals surface area contributed by atoms with E-state index in [9.17, 15) is 14.7 Å². The molecule has 9 heteroatoms. The molecule has 1 aromatic heterocycles. The zero-order chi connectivity index (χ0) is 24.0. The number of methoxy groups -OCH3 is 2. The van der Waals surface area contributed by atoms with Crippen LogP contribution in [0.2, 0.25) is 0 Å². The first-order chi connectivity index (χ1) is 15.9. The monoisotopic (exact) mass is 459 g/mol. The Bertz CT molecular complexity index is 1010. The molecule has 2 heterocycles. The minimum absolute atomic E-state index is 0.0493.